The first kappa shape index (κ1) is 12.2. The molecule has 1 heterocycles. The zero-order valence-corrected chi connectivity index (χ0v) is 10.2. The van der Waals surface area contributed by atoms with Crippen LogP contribution in [0.3, 0.4) is 0 Å². The van der Waals surface area contributed by atoms with Gasteiger partial charge in [0.15, 0.2) is 0 Å². The Kier molecular flexibility index (Phi) is 4.20. The molecule has 1 aliphatic rings. The quantitative estimate of drug-likeness (QED) is 0.841. The van der Waals surface area contributed by atoms with Crippen LogP contribution < -0.4 is 10.1 Å². The highest BCUT2D eigenvalue weighted by atomic mass is 16.5. The second kappa shape index (κ2) is 5.87. The zero-order valence-electron chi connectivity index (χ0n) is 10.2. The third kappa shape index (κ3) is 3.33. The normalized spacial score (nSPS) is 24.4. The smallest absolute Gasteiger partial charge is 0.237 e. The lowest BCUT2D eigenvalue weighted by Gasteiger charge is -2.26. The summed E-state index contributed by atoms with van der Waals surface area (Å²) in [5, 5.41) is 12.7. The molecule has 94 valence electrons. The molecule has 0 unspecified atom stereocenters. The van der Waals surface area contributed by atoms with Crippen molar-refractivity contribution in [2.75, 3.05) is 11.9 Å². The van der Waals surface area contributed by atoms with Crippen LogP contribution in [0.5, 0.6) is 5.88 Å². The number of anilines is 1. The van der Waals surface area contributed by atoms with Crippen LogP contribution in [0.4, 0.5) is 5.69 Å². The van der Waals surface area contributed by atoms with Gasteiger partial charge in [-0.1, -0.05) is 0 Å². The number of aliphatic hydroxyl groups excluding tert-OH is 1. The molecule has 1 saturated carbocycles. The van der Waals surface area contributed by atoms with Crippen molar-refractivity contribution in [1.29, 1.82) is 0 Å². The largest absolute Gasteiger partial charge is 0.473 e. The van der Waals surface area contributed by atoms with Gasteiger partial charge in [0, 0.05) is 12.7 Å². The first-order valence-corrected chi connectivity index (χ1v) is 6.33. The summed E-state index contributed by atoms with van der Waals surface area (Å²) >= 11 is 0. The monoisotopic (exact) mass is 236 g/mol. The minimum Gasteiger partial charge on any atom is -0.473 e. The molecule has 0 amide bonds. The van der Waals surface area contributed by atoms with Crippen LogP contribution >= 0.6 is 0 Å². The van der Waals surface area contributed by atoms with Crippen LogP contribution in [0.1, 0.15) is 32.6 Å². The Hall–Kier alpha value is -1.29. The Balaban J connectivity index is 1.98. The summed E-state index contributed by atoms with van der Waals surface area (Å²) in [7, 11) is 0. The maximum atomic E-state index is 9.45. The van der Waals surface area contributed by atoms with Crippen molar-refractivity contribution in [2.24, 2.45) is 0 Å². The standard InChI is InChI=1S/C13H20N2O2/c1-2-14-12-4-3-9-15-13(12)17-11-7-5-10(16)6-8-11/h3-4,9-11,14,16H,2,5-8H2,1H3/t10-,11-. The molecule has 1 aliphatic carbocycles. The summed E-state index contributed by atoms with van der Waals surface area (Å²) in [6, 6.07) is 3.87. The average molecular weight is 236 g/mol. The number of nitrogens with one attached hydrogen (secondary N) is 1. The summed E-state index contributed by atoms with van der Waals surface area (Å²) < 4.78 is 5.90. The lowest BCUT2D eigenvalue weighted by Crippen LogP contribution is -2.27. The highest BCUT2D eigenvalue weighted by molar-refractivity contribution is 5.51. The number of pyridine rings is 1. The molecule has 4 heteroatoms. The lowest BCUT2D eigenvalue weighted by molar-refractivity contribution is 0.0647. The van der Waals surface area contributed by atoms with Gasteiger partial charge in [-0.25, -0.2) is 4.98 Å². The highest BCUT2D eigenvalue weighted by Crippen LogP contribution is 2.27. The van der Waals surface area contributed by atoms with Gasteiger partial charge in [-0.05, 0) is 44.7 Å². The second-order valence-electron chi connectivity index (χ2n) is 4.43. The third-order valence-corrected chi connectivity index (χ3v) is 3.06. The Bertz CT molecular complexity index is 349. The fourth-order valence-corrected chi connectivity index (χ4v) is 2.13. The molecule has 2 N–H and O–H groups in total. The number of rotatable bonds is 4. The maximum absolute atomic E-state index is 9.45. The molecule has 1 aromatic rings. The summed E-state index contributed by atoms with van der Waals surface area (Å²) in [5.74, 6) is 0.677. The Labute approximate surface area is 102 Å². The number of hydrogen-bond acceptors (Lipinski definition) is 4. The zero-order chi connectivity index (χ0) is 12.1. The molecule has 0 saturated heterocycles. The highest BCUT2D eigenvalue weighted by Gasteiger charge is 2.21. The summed E-state index contributed by atoms with van der Waals surface area (Å²) in [5.41, 5.74) is 0.945. The molecule has 0 spiro atoms. The van der Waals surface area contributed by atoms with E-state index in [1.807, 2.05) is 19.1 Å². The van der Waals surface area contributed by atoms with Crippen LogP contribution in [0.25, 0.3) is 0 Å². The lowest BCUT2D eigenvalue weighted by atomic mass is 9.95. The van der Waals surface area contributed by atoms with Gasteiger partial charge in [-0.3, -0.25) is 0 Å². The van der Waals surface area contributed by atoms with E-state index in [4.69, 9.17) is 4.74 Å². The fraction of sp³-hybridized carbons (Fsp3) is 0.615. The van der Waals surface area contributed by atoms with E-state index in [1.165, 1.54) is 0 Å². The topological polar surface area (TPSA) is 54.4 Å². The van der Waals surface area contributed by atoms with Gasteiger partial charge in [-0.2, -0.15) is 0 Å². The summed E-state index contributed by atoms with van der Waals surface area (Å²) in [6.07, 6.45) is 5.25. The maximum Gasteiger partial charge on any atom is 0.237 e. The predicted molar refractivity (Wildman–Crippen MR) is 67.3 cm³/mol. The van der Waals surface area contributed by atoms with E-state index in [0.717, 1.165) is 37.9 Å². The SMILES string of the molecule is CCNc1cccnc1O[C@H]1CC[C@H](O)CC1. The number of aliphatic hydroxyl groups is 1. The second-order valence-corrected chi connectivity index (χ2v) is 4.43. The van der Waals surface area contributed by atoms with Crippen LogP contribution in [-0.2, 0) is 0 Å². The van der Waals surface area contributed by atoms with E-state index in [1.54, 1.807) is 6.20 Å². The van der Waals surface area contributed by atoms with Crippen molar-refractivity contribution >= 4 is 5.69 Å². The molecule has 0 aliphatic heterocycles. The van der Waals surface area contributed by atoms with E-state index in [-0.39, 0.29) is 12.2 Å². The van der Waals surface area contributed by atoms with E-state index in [9.17, 15) is 5.11 Å². The number of aromatic nitrogens is 1. The minimum atomic E-state index is -0.146. The van der Waals surface area contributed by atoms with Crippen molar-refractivity contribution in [1.82, 2.24) is 4.98 Å². The van der Waals surface area contributed by atoms with Crippen molar-refractivity contribution in [3.63, 3.8) is 0 Å². The average Bonchev–Trinajstić information content (AvgIpc) is 2.35. The number of ether oxygens (including phenoxy) is 1. The van der Waals surface area contributed by atoms with Crippen molar-refractivity contribution < 1.29 is 9.84 Å². The minimum absolute atomic E-state index is 0.146. The van der Waals surface area contributed by atoms with E-state index in [0.29, 0.717) is 5.88 Å². The molecule has 0 atom stereocenters. The van der Waals surface area contributed by atoms with Gasteiger partial charge in [0.1, 0.15) is 6.10 Å². The van der Waals surface area contributed by atoms with Crippen molar-refractivity contribution in [2.45, 2.75) is 44.8 Å². The van der Waals surface area contributed by atoms with Crippen LogP contribution in [0.2, 0.25) is 0 Å². The van der Waals surface area contributed by atoms with Crippen LogP contribution in [0, 0.1) is 0 Å². The molecule has 1 aromatic heterocycles. The third-order valence-electron chi connectivity index (χ3n) is 3.06. The molecular weight excluding hydrogens is 216 g/mol. The van der Waals surface area contributed by atoms with E-state index >= 15 is 0 Å². The molecule has 0 aromatic carbocycles. The van der Waals surface area contributed by atoms with Gasteiger partial charge in [-0.15, -0.1) is 0 Å². The number of hydrogen-bond donors (Lipinski definition) is 2. The Morgan fingerprint density at radius 1 is 1.41 bits per heavy atom. The first-order chi connectivity index (χ1) is 8.29. The van der Waals surface area contributed by atoms with E-state index in [2.05, 4.69) is 10.3 Å². The summed E-state index contributed by atoms with van der Waals surface area (Å²) in [4.78, 5) is 4.26. The molecule has 1 fully saturated rings. The van der Waals surface area contributed by atoms with Gasteiger partial charge < -0.3 is 15.2 Å². The summed E-state index contributed by atoms with van der Waals surface area (Å²) in [6.45, 7) is 2.90. The first-order valence-electron chi connectivity index (χ1n) is 6.33. The molecule has 0 radical (unpaired) electrons. The van der Waals surface area contributed by atoms with Crippen LogP contribution in [0.15, 0.2) is 18.3 Å². The van der Waals surface area contributed by atoms with Crippen molar-refractivity contribution in [3.8, 4) is 5.88 Å². The van der Waals surface area contributed by atoms with Gasteiger partial charge >= 0.3 is 0 Å². The molecular formula is C13H20N2O2. The van der Waals surface area contributed by atoms with Gasteiger partial charge in [0.05, 0.1) is 11.8 Å². The van der Waals surface area contributed by atoms with Gasteiger partial charge in [0.2, 0.25) is 5.88 Å². The molecule has 4 nitrogen and oxygen atoms in total. The number of nitrogens with zero attached hydrogens (tertiary/aromatic N) is 1. The molecule has 0 bridgehead atoms. The van der Waals surface area contributed by atoms with E-state index < -0.39 is 0 Å². The molecule has 2 rings (SSSR count). The van der Waals surface area contributed by atoms with Crippen LogP contribution in [-0.4, -0.2) is 28.8 Å². The predicted octanol–water partition coefficient (Wildman–Crippen LogP) is 2.20. The Morgan fingerprint density at radius 3 is 2.88 bits per heavy atom. The Morgan fingerprint density at radius 2 is 2.18 bits per heavy atom. The molecule has 17 heavy (non-hydrogen) atoms. The fourth-order valence-electron chi connectivity index (χ4n) is 2.13. The van der Waals surface area contributed by atoms with Crippen molar-refractivity contribution in [3.05, 3.63) is 18.3 Å². The van der Waals surface area contributed by atoms with Gasteiger partial charge in [0.25, 0.3) is 0 Å².